The topological polar surface area (TPSA) is 56.8 Å². The number of allylic oxidation sites excluding steroid dienone is 1. The Bertz CT molecular complexity index is 530. The Kier molecular flexibility index (Phi) is 10.0. The smallest absolute Gasteiger partial charge is 0.130 e. The first kappa shape index (κ1) is 18.8. The zero-order valence-electron chi connectivity index (χ0n) is 14.1. The fourth-order valence-corrected chi connectivity index (χ4v) is 2.34. The molecule has 0 heterocycles. The summed E-state index contributed by atoms with van der Waals surface area (Å²) < 4.78 is 5.71. The molecular formula is C20H26N2O. The van der Waals surface area contributed by atoms with Gasteiger partial charge in [0.05, 0.1) is 6.61 Å². The van der Waals surface area contributed by atoms with Crippen LogP contribution in [-0.2, 0) is 0 Å². The normalized spacial score (nSPS) is 9.70. The maximum absolute atomic E-state index is 8.72. The van der Waals surface area contributed by atoms with Crippen molar-refractivity contribution >= 4 is 6.08 Å². The van der Waals surface area contributed by atoms with E-state index in [1.165, 1.54) is 44.9 Å². The van der Waals surface area contributed by atoms with Crippen LogP contribution in [-0.4, -0.2) is 6.61 Å². The van der Waals surface area contributed by atoms with Crippen LogP contribution in [0.1, 0.15) is 63.9 Å². The van der Waals surface area contributed by atoms with Gasteiger partial charge in [0.15, 0.2) is 0 Å². The van der Waals surface area contributed by atoms with Crippen molar-refractivity contribution < 1.29 is 4.74 Å². The third-order valence-corrected chi connectivity index (χ3v) is 3.70. The minimum atomic E-state index is 0.109. The number of benzene rings is 1. The zero-order valence-corrected chi connectivity index (χ0v) is 14.1. The molecule has 0 aliphatic heterocycles. The summed E-state index contributed by atoms with van der Waals surface area (Å²) in [6.45, 7) is 2.98. The molecule has 0 unspecified atom stereocenters. The van der Waals surface area contributed by atoms with Crippen molar-refractivity contribution in [3.05, 3.63) is 35.4 Å². The average Bonchev–Trinajstić information content (AvgIpc) is 2.59. The van der Waals surface area contributed by atoms with Crippen molar-refractivity contribution in [3.63, 3.8) is 0 Å². The molecule has 23 heavy (non-hydrogen) atoms. The highest BCUT2D eigenvalue weighted by molar-refractivity contribution is 5.62. The molecule has 0 aromatic heterocycles. The Labute approximate surface area is 140 Å². The molecule has 3 nitrogen and oxygen atoms in total. The molecule has 1 aromatic carbocycles. The highest BCUT2D eigenvalue weighted by Crippen LogP contribution is 2.15. The lowest BCUT2D eigenvalue weighted by atomic mass is 10.1. The van der Waals surface area contributed by atoms with Crippen molar-refractivity contribution in [3.8, 4) is 17.9 Å². The van der Waals surface area contributed by atoms with Gasteiger partial charge in [-0.05, 0) is 30.2 Å². The van der Waals surface area contributed by atoms with Crippen molar-refractivity contribution in [1.29, 1.82) is 10.5 Å². The Morgan fingerprint density at radius 2 is 1.48 bits per heavy atom. The van der Waals surface area contributed by atoms with E-state index in [0.717, 1.165) is 24.3 Å². The summed E-state index contributed by atoms with van der Waals surface area (Å²) in [5, 5.41) is 17.4. The number of ether oxygens (including phenoxy) is 1. The Balaban J connectivity index is 2.18. The zero-order chi connectivity index (χ0) is 16.8. The van der Waals surface area contributed by atoms with E-state index >= 15 is 0 Å². The van der Waals surface area contributed by atoms with Gasteiger partial charge in [0.2, 0.25) is 0 Å². The highest BCUT2D eigenvalue weighted by atomic mass is 16.5. The van der Waals surface area contributed by atoms with E-state index in [1.807, 2.05) is 36.4 Å². The first-order valence-electron chi connectivity index (χ1n) is 8.55. The van der Waals surface area contributed by atoms with Crippen LogP contribution in [0.25, 0.3) is 6.08 Å². The molecule has 0 aliphatic rings. The molecule has 0 radical (unpaired) electrons. The second kappa shape index (κ2) is 12.3. The fraction of sp³-hybridized carbons (Fsp3) is 0.500. The van der Waals surface area contributed by atoms with Crippen LogP contribution in [0.3, 0.4) is 0 Å². The van der Waals surface area contributed by atoms with E-state index in [4.69, 9.17) is 15.3 Å². The lowest BCUT2D eigenvalue weighted by Crippen LogP contribution is -1.97. The molecule has 1 rings (SSSR count). The van der Waals surface area contributed by atoms with Crippen LogP contribution >= 0.6 is 0 Å². The van der Waals surface area contributed by atoms with Crippen LogP contribution in [0, 0.1) is 22.7 Å². The predicted octanol–water partition coefficient (Wildman–Crippen LogP) is 5.64. The van der Waals surface area contributed by atoms with E-state index in [-0.39, 0.29) is 5.57 Å². The fourth-order valence-electron chi connectivity index (χ4n) is 2.34. The molecule has 122 valence electrons. The lowest BCUT2D eigenvalue weighted by Gasteiger charge is -2.06. The summed E-state index contributed by atoms with van der Waals surface area (Å²) in [7, 11) is 0. The SMILES string of the molecule is CCCCCCCCCCOc1ccc(C=C(C#N)C#N)cc1. The molecule has 3 heteroatoms. The molecule has 0 saturated carbocycles. The van der Waals surface area contributed by atoms with Gasteiger partial charge < -0.3 is 4.74 Å². The summed E-state index contributed by atoms with van der Waals surface area (Å²) in [5.41, 5.74) is 0.945. The number of nitrogens with zero attached hydrogens (tertiary/aromatic N) is 2. The van der Waals surface area contributed by atoms with Crippen molar-refractivity contribution in [2.24, 2.45) is 0 Å². The van der Waals surface area contributed by atoms with Gasteiger partial charge in [0.1, 0.15) is 23.5 Å². The standard InChI is InChI=1S/C20H26N2O/c1-2-3-4-5-6-7-8-9-14-23-20-12-10-18(11-13-20)15-19(16-21)17-22/h10-13,15H,2-9,14H2,1H3. The minimum Gasteiger partial charge on any atom is -0.494 e. The van der Waals surface area contributed by atoms with Crippen LogP contribution in [0.15, 0.2) is 29.8 Å². The number of nitriles is 2. The first-order valence-corrected chi connectivity index (χ1v) is 8.55. The number of unbranched alkanes of at least 4 members (excludes halogenated alkanes) is 7. The molecule has 0 amide bonds. The van der Waals surface area contributed by atoms with Crippen molar-refractivity contribution in [2.75, 3.05) is 6.61 Å². The van der Waals surface area contributed by atoms with Gasteiger partial charge in [-0.15, -0.1) is 0 Å². The van der Waals surface area contributed by atoms with Crippen LogP contribution < -0.4 is 4.74 Å². The van der Waals surface area contributed by atoms with Gasteiger partial charge in [-0.25, -0.2) is 0 Å². The Morgan fingerprint density at radius 1 is 0.913 bits per heavy atom. The minimum absolute atomic E-state index is 0.109. The molecule has 0 fully saturated rings. The first-order chi connectivity index (χ1) is 11.3. The molecule has 0 spiro atoms. The lowest BCUT2D eigenvalue weighted by molar-refractivity contribution is 0.304. The molecule has 0 saturated heterocycles. The maximum Gasteiger partial charge on any atom is 0.130 e. The molecule has 0 atom stereocenters. The summed E-state index contributed by atoms with van der Waals surface area (Å²) in [6, 6.07) is 11.2. The third-order valence-electron chi connectivity index (χ3n) is 3.70. The van der Waals surface area contributed by atoms with Crippen LogP contribution in [0.2, 0.25) is 0 Å². The van der Waals surface area contributed by atoms with Gasteiger partial charge in [0.25, 0.3) is 0 Å². The second-order valence-electron chi connectivity index (χ2n) is 5.67. The van der Waals surface area contributed by atoms with E-state index in [2.05, 4.69) is 6.92 Å². The van der Waals surface area contributed by atoms with E-state index in [0.29, 0.717) is 0 Å². The van der Waals surface area contributed by atoms with Crippen molar-refractivity contribution in [1.82, 2.24) is 0 Å². The summed E-state index contributed by atoms with van der Waals surface area (Å²) in [4.78, 5) is 0. The van der Waals surface area contributed by atoms with Crippen molar-refractivity contribution in [2.45, 2.75) is 58.3 Å². The maximum atomic E-state index is 8.72. The van der Waals surface area contributed by atoms with Gasteiger partial charge in [0, 0.05) is 0 Å². The number of hydrogen-bond acceptors (Lipinski definition) is 3. The predicted molar refractivity (Wildman–Crippen MR) is 93.8 cm³/mol. The summed E-state index contributed by atoms with van der Waals surface area (Å²) >= 11 is 0. The number of hydrogen-bond donors (Lipinski definition) is 0. The summed E-state index contributed by atoms with van der Waals surface area (Å²) in [5.74, 6) is 0.834. The quantitative estimate of drug-likeness (QED) is 0.393. The van der Waals surface area contributed by atoms with Crippen LogP contribution in [0.5, 0.6) is 5.75 Å². The highest BCUT2D eigenvalue weighted by Gasteiger charge is 1.97. The number of rotatable bonds is 11. The van der Waals surface area contributed by atoms with E-state index in [9.17, 15) is 0 Å². The van der Waals surface area contributed by atoms with Gasteiger partial charge in [-0.3, -0.25) is 0 Å². The Hall–Kier alpha value is -2.26. The Morgan fingerprint density at radius 3 is 2.04 bits per heavy atom. The van der Waals surface area contributed by atoms with Crippen LogP contribution in [0.4, 0.5) is 0 Å². The monoisotopic (exact) mass is 310 g/mol. The van der Waals surface area contributed by atoms with E-state index in [1.54, 1.807) is 6.08 Å². The molecule has 0 aliphatic carbocycles. The third kappa shape index (κ3) is 8.69. The van der Waals surface area contributed by atoms with Gasteiger partial charge in [-0.2, -0.15) is 10.5 Å². The molecule has 0 bridgehead atoms. The van der Waals surface area contributed by atoms with Gasteiger partial charge in [-0.1, -0.05) is 64.0 Å². The molecule has 1 aromatic rings. The average molecular weight is 310 g/mol. The largest absolute Gasteiger partial charge is 0.494 e. The second-order valence-corrected chi connectivity index (χ2v) is 5.67. The molecular weight excluding hydrogens is 284 g/mol. The van der Waals surface area contributed by atoms with Gasteiger partial charge >= 0.3 is 0 Å². The summed E-state index contributed by atoms with van der Waals surface area (Å²) in [6.07, 6.45) is 11.9. The van der Waals surface area contributed by atoms with E-state index < -0.39 is 0 Å². The molecule has 0 N–H and O–H groups in total.